The van der Waals surface area contributed by atoms with Gasteiger partial charge in [0.25, 0.3) is 0 Å². The second kappa shape index (κ2) is 8.39. The molecule has 18 heavy (non-hydrogen) atoms. The van der Waals surface area contributed by atoms with E-state index in [-0.39, 0.29) is 12.6 Å². The highest BCUT2D eigenvalue weighted by molar-refractivity contribution is 5.71. The molecule has 4 heteroatoms. The molecule has 1 aromatic carbocycles. The molecule has 100 valence electrons. The summed E-state index contributed by atoms with van der Waals surface area (Å²) in [5, 5.41) is 0. The van der Waals surface area contributed by atoms with Crippen LogP contribution in [0.25, 0.3) is 0 Å². The summed E-state index contributed by atoms with van der Waals surface area (Å²) in [4.78, 5) is 11.4. The SMILES string of the molecule is CCCCCCOC(=O)COc1ccccc1N. The lowest BCUT2D eigenvalue weighted by Crippen LogP contribution is -2.16. The summed E-state index contributed by atoms with van der Waals surface area (Å²) in [7, 11) is 0. The van der Waals surface area contributed by atoms with E-state index < -0.39 is 0 Å². The van der Waals surface area contributed by atoms with Gasteiger partial charge in [0.05, 0.1) is 12.3 Å². The molecule has 0 aromatic heterocycles. The molecule has 0 radical (unpaired) electrons. The highest BCUT2D eigenvalue weighted by Crippen LogP contribution is 2.19. The van der Waals surface area contributed by atoms with Crippen LogP contribution in [0.4, 0.5) is 5.69 Å². The Bertz CT molecular complexity index is 366. The first-order valence-corrected chi connectivity index (χ1v) is 6.37. The van der Waals surface area contributed by atoms with E-state index in [1.807, 2.05) is 12.1 Å². The van der Waals surface area contributed by atoms with Crippen LogP contribution in [-0.4, -0.2) is 19.2 Å². The van der Waals surface area contributed by atoms with Gasteiger partial charge in [-0.15, -0.1) is 0 Å². The second-order valence-electron chi connectivity index (χ2n) is 4.11. The smallest absolute Gasteiger partial charge is 0.344 e. The summed E-state index contributed by atoms with van der Waals surface area (Å²) in [6.45, 7) is 2.51. The molecule has 0 fully saturated rings. The first-order valence-electron chi connectivity index (χ1n) is 6.37. The van der Waals surface area contributed by atoms with Crippen molar-refractivity contribution in [3.05, 3.63) is 24.3 Å². The van der Waals surface area contributed by atoms with Gasteiger partial charge in [-0.3, -0.25) is 0 Å². The number of unbranched alkanes of at least 4 members (excludes halogenated alkanes) is 3. The number of rotatable bonds is 8. The van der Waals surface area contributed by atoms with E-state index >= 15 is 0 Å². The first kappa shape index (κ1) is 14.4. The number of carbonyl (C=O) groups is 1. The van der Waals surface area contributed by atoms with Crippen LogP contribution >= 0.6 is 0 Å². The molecule has 1 aromatic rings. The first-order chi connectivity index (χ1) is 8.74. The van der Waals surface area contributed by atoms with Crippen LogP contribution in [-0.2, 0) is 9.53 Å². The fraction of sp³-hybridized carbons (Fsp3) is 0.500. The Kier molecular flexibility index (Phi) is 6.69. The molecule has 0 spiro atoms. The number of hydrogen-bond donors (Lipinski definition) is 1. The van der Waals surface area contributed by atoms with Gasteiger partial charge in [0.1, 0.15) is 5.75 Å². The molecule has 0 heterocycles. The maximum absolute atomic E-state index is 11.4. The fourth-order valence-corrected chi connectivity index (χ4v) is 1.51. The average Bonchev–Trinajstić information content (AvgIpc) is 2.37. The monoisotopic (exact) mass is 251 g/mol. The summed E-state index contributed by atoms with van der Waals surface area (Å²) >= 11 is 0. The summed E-state index contributed by atoms with van der Waals surface area (Å²) in [5.74, 6) is 0.162. The Hall–Kier alpha value is -1.71. The number of para-hydroxylation sites is 2. The second-order valence-corrected chi connectivity index (χ2v) is 4.11. The molecular weight excluding hydrogens is 230 g/mol. The fourth-order valence-electron chi connectivity index (χ4n) is 1.51. The van der Waals surface area contributed by atoms with E-state index in [4.69, 9.17) is 15.2 Å². The Labute approximate surface area is 108 Å². The number of benzene rings is 1. The largest absolute Gasteiger partial charge is 0.480 e. The minimum atomic E-state index is -0.352. The van der Waals surface area contributed by atoms with Crippen molar-refractivity contribution in [2.75, 3.05) is 18.9 Å². The topological polar surface area (TPSA) is 61.5 Å². The zero-order chi connectivity index (χ0) is 13.2. The Morgan fingerprint density at radius 3 is 2.72 bits per heavy atom. The Morgan fingerprint density at radius 1 is 1.22 bits per heavy atom. The minimum Gasteiger partial charge on any atom is -0.480 e. The van der Waals surface area contributed by atoms with E-state index in [0.29, 0.717) is 18.0 Å². The van der Waals surface area contributed by atoms with Crippen molar-refractivity contribution in [1.29, 1.82) is 0 Å². The molecule has 0 saturated carbocycles. The summed E-state index contributed by atoms with van der Waals surface area (Å²) in [6, 6.07) is 7.07. The lowest BCUT2D eigenvalue weighted by Gasteiger charge is -2.08. The maximum atomic E-state index is 11.4. The average molecular weight is 251 g/mol. The van der Waals surface area contributed by atoms with Crippen molar-refractivity contribution in [2.24, 2.45) is 0 Å². The van der Waals surface area contributed by atoms with Crippen molar-refractivity contribution in [1.82, 2.24) is 0 Å². The third-order valence-corrected chi connectivity index (χ3v) is 2.53. The van der Waals surface area contributed by atoms with Crippen molar-refractivity contribution in [3.8, 4) is 5.75 Å². The van der Waals surface area contributed by atoms with Crippen molar-refractivity contribution in [3.63, 3.8) is 0 Å². The van der Waals surface area contributed by atoms with Gasteiger partial charge in [-0.25, -0.2) is 4.79 Å². The van der Waals surface area contributed by atoms with Crippen LogP contribution in [0.3, 0.4) is 0 Å². The van der Waals surface area contributed by atoms with Gasteiger partial charge < -0.3 is 15.2 Å². The molecular formula is C14H21NO3. The summed E-state index contributed by atoms with van der Waals surface area (Å²) in [5.41, 5.74) is 6.21. The molecule has 0 bridgehead atoms. The van der Waals surface area contributed by atoms with Crippen LogP contribution in [0.15, 0.2) is 24.3 Å². The van der Waals surface area contributed by atoms with E-state index in [9.17, 15) is 4.79 Å². The van der Waals surface area contributed by atoms with Gasteiger partial charge in [0, 0.05) is 0 Å². The molecule has 0 atom stereocenters. The third-order valence-electron chi connectivity index (χ3n) is 2.53. The zero-order valence-corrected chi connectivity index (χ0v) is 10.9. The minimum absolute atomic E-state index is 0.0952. The number of anilines is 1. The van der Waals surface area contributed by atoms with Gasteiger partial charge in [-0.2, -0.15) is 0 Å². The predicted octanol–water partition coefficient (Wildman–Crippen LogP) is 2.77. The molecule has 0 aliphatic rings. The van der Waals surface area contributed by atoms with Crippen LogP contribution < -0.4 is 10.5 Å². The molecule has 0 aliphatic carbocycles. The van der Waals surface area contributed by atoms with Gasteiger partial charge >= 0.3 is 5.97 Å². The van der Waals surface area contributed by atoms with Crippen LogP contribution in [0.5, 0.6) is 5.75 Å². The molecule has 2 N–H and O–H groups in total. The predicted molar refractivity (Wildman–Crippen MR) is 71.5 cm³/mol. The van der Waals surface area contributed by atoms with Crippen molar-refractivity contribution in [2.45, 2.75) is 32.6 Å². The Morgan fingerprint density at radius 2 is 2.00 bits per heavy atom. The van der Waals surface area contributed by atoms with Gasteiger partial charge in [0.15, 0.2) is 6.61 Å². The zero-order valence-electron chi connectivity index (χ0n) is 10.9. The number of ether oxygens (including phenoxy) is 2. The standard InChI is InChI=1S/C14H21NO3/c1-2-3-4-7-10-17-14(16)11-18-13-9-6-5-8-12(13)15/h5-6,8-9H,2-4,7,10-11,15H2,1H3. The molecule has 0 amide bonds. The summed E-state index contributed by atoms with van der Waals surface area (Å²) < 4.78 is 10.3. The lowest BCUT2D eigenvalue weighted by molar-refractivity contribution is -0.146. The van der Waals surface area contributed by atoms with E-state index in [1.54, 1.807) is 12.1 Å². The number of hydrogen-bond acceptors (Lipinski definition) is 4. The Balaban J connectivity index is 2.15. The maximum Gasteiger partial charge on any atom is 0.344 e. The van der Waals surface area contributed by atoms with Crippen molar-refractivity contribution < 1.29 is 14.3 Å². The number of carbonyl (C=O) groups excluding carboxylic acids is 1. The van der Waals surface area contributed by atoms with Gasteiger partial charge in [-0.1, -0.05) is 38.3 Å². The molecule has 0 saturated heterocycles. The number of nitrogens with two attached hydrogens (primary N) is 1. The normalized spacial score (nSPS) is 10.1. The van der Waals surface area contributed by atoms with Gasteiger partial charge in [0.2, 0.25) is 0 Å². The van der Waals surface area contributed by atoms with E-state index in [1.165, 1.54) is 12.8 Å². The lowest BCUT2D eigenvalue weighted by atomic mass is 10.2. The highest BCUT2D eigenvalue weighted by Gasteiger charge is 2.05. The molecule has 0 unspecified atom stereocenters. The van der Waals surface area contributed by atoms with E-state index in [0.717, 1.165) is 12.8 Å². The van der Waals surface area contributed by atoms with Gasteiger partial charge in [-0.05, 0) is 18.6 Å². The highest BCUT2D eigenvalue weighted by atomic mass is 16.6. The number of esters is 1. The number of nitrogen functional groups attached to an aromatic ring is 1. The van der Waals surface area contributed by atoms with E-state index in [2.05, 4.69) is 6.92 Å². The van der Waals surface area contributed by atoms with Crippen molar-refractivity contribution >= 4 is 11.7 Å². The summed E-state index contributed by atoms with van der Waals surface area (Å²) in [6.07, 6.45) is 4.35. The molecule has 1 rings (SSSR count). The quantitative estimate of drug-likeness (QED) is 0.438. The van der Waals surface area contributed by atoms with Crippen LogP contribution in [0.1, 0.15) is 32.6 Å². The molecule has 4 nitrogen and oxygen atoms in total. The van der Waals surface area contributed by atoms with Crippen LogP contribution in [0, 0.1) is 0 Å². The van der Waals surface area contributed by atoms with Crippen LogP contribution in [0.2, 0.25) is 0 Å². The third kappa shape index (κ3) is 5.57. The molecule has 0 aliphatic heterocycles.